The minimum absolute atomic E-state index is 0.474. The first kappa shape index (κ1) is 15.8. The molecule has 1 fully saturated rings. The average Bonchev–Trinajstić information content (AvgIpc) is 3.32. The van der Waals surface area contributed by atoms with Crippen LogP contribution < -0.4 is 4.90 Å². The summed E-state index contributed by atoms with van der Waals surface area (Å²) in [5.74, 6) is 2.61. The Morgan fingerprint density at radius 1 is 1.04 bits per heavy atom. The van der Waals surface area contributed by atoms with Gasteiger partial charge in [-0.15, -0.1) is 10.2 Å². The lowest BCUT2D eigenvalue weighted by atomic mass is 9.95. The van der Waals surface area contributed by atoms with Gasteiger partial charge in [0.15, 0.2) is 5.82 Å². The molecule has 0 aliphatic carbocycles. The van der Waals surface area contributed by atoms with Crippen molar-refractivity contribution in [2.24, 2.45) is 0 Å². The van der Waals surface area contributed by atoms with Gasteiger partial charge in [0, 0.05) is 56.0 Å². The first-order valence-electron chi connectivity index (χ1n) is 8.88. The van der Waals surface area contributed by atoms with E-state index in [1.165, 1.54) is 5.69 Å². The highest BCUT2D eigenvalue weighted by Gasteiger charge is 2.26. The van der Waals surface area contributed by atoms with Crippen molar-refractivity contribution in [1.82, 2.24) is 29.3 Å². The Labute approximate surface area is 147 Å². The summed E-state index contributed by atoms with van der Waals surface area (Å²) < 4.78 is 4.30. The first-order chi connectivity index (χ1) is 12.3. The summed E-state index contributed by atoms with van der Waals surface area (Å²) >= 11 is 0. The Morgan fingerprint density at radius 2 is 1.84 bits per heavy atom. The molecule has 3 aromatic heterocycles. The molecule has 0 amide bonds. The predicted octanol–water partition coefficient (Wildman–Crippen LogP) is 2.32. The molecule has 7 heteroatoms. The molecular weight excluding hydrogens is 314 g/mol. The molecule has 4 heterocycles. The summed E-state index contributed by atoms with van der Waals surface area (Å²) in [5.41, 5.74) is 1.26. The van der Waals surface area contributed by atoms with E-state index in [1.54, 1.807) is 6.20 Å². The number of hydrogen-bond donors (Lipinski definition) is 0. The van der Waals surface area contributed by atoms with Crippen LogP contribution >= 0.6 is 0 Å². The van der Waals surface area contributed by atoms with E-state index in [4.69, 9.17) is 0 Å². The lowest BCUT2D eigenvalue weighted by Crippen LogP contribution is -2.33. The number of piperidine rings is 1. The molecule has 0 N–H and O–H groups in total. The Balaban J connectivity index is 1.47. The highest BCUT2D eigenvalue weighted by atomic mass is 15.3. The normalized spacial score (nSPS) is 15.6. The third kappa shape index (κ3) is 3.26. The quantitative estimate of drug-likeness (QED) is 0.715. The van der Waals surface area contributed by atoms with E-state index in [0.29, 0.717) is 5.92 Å². The summed E-state index contributed by atoms with van der Waals surface area (Å²) in [6, 6.07) is 4.16. The van der Waals surface area contributed by atoms with Crippen LogP contribution in [0.3, 0.4) is 0 Å². The van der Waals surface area contributed by atoms with Crippen molar-refractivity contribution in [1.29, 1.82) is 0 Å². The van der Waals surface area contributed by atoms with E-state index < -0.39 is 0 Å². The van der Waals surface area contributed by atoms with Crippen LogP contribution in [-0.4, -0.2) is 42.4 Å². The van der Waals surface area contributed by atoms with Gasteiger partial charge in [-0.2, -0.15) is 0 Å². The molecule has 0 unspecified atom stereocenters. The van der Waals surface area contributed by atoms with E-state index in [0.717, 1.165) is 50.7 Å². The van der Waals surface area contributed by atoms with E-state index in [1.807, 2.05) is 29.5 Å². The molecule has 130 valence electrons. The summed E-state index contributed by atoms with van der Waals surface area (Å²) in [7, 11) is 0. The molecule has 1 aliphatic rings. The van der Waals surface area contributed by atoms with E-state index in [9.17, 15) is 0 Å². The second-order valence-corrected chi connectivity index (χ2v) is 6.42. The monoisotopic (exact) mass is 337 g/mol. The van der Waals surface area contributed by atoms with Crippen LogP contribution in [0.5, 0.6) is 0 Å². The molecule has 3 aromatic rings. The third-order valence-electron chi connectivity index (χ3n) is 4.94. The number of anilines is 1. The van der Waals surface area contributed by atoms with Gasteiger partial charge in [0.2, 0.25) is 0 Å². The van der Waals surface area contributed by atoms with E-state index >= 15 is 0 Å². The standard InChI is InChI=1S/C18H23N7/c1-2-25-17(13-23-12-9-20-14-23)21-22-18(25)15-5-10-24(11-6-15)16-3-7-19-8-4-16/h3-4,7-9,12,14-15H,2,5-6,10-11,13H2,1H3. The molecular formula is C18H23N7. The highest BCUT2D eigenvalue weighted by molar-refractivity contribution is 5.45. The predicted molar refractivity (Wildman–Crippen MR) is 95.5 cm³/mol. The van der Waals surface area contributed by atoms with Gasteiger partial charge in [-0.1, -0.05) is 0 Å². The Bertz CT molecular complexity index is 786. The van der Waals surface area contributed by atoms with Gasteiger partial charge in [0.25, 0.3) is 0 Å². The Hall–Kier alpha value is -2.70. The second kappa shape index (κ2) is 7.04. The topological polar surface area (TPSA) is 64.7 Å². The van der Waals surface area contributed by atoms with Crippen molar-refractivity contribution in [2.45, 2.75) is 38.8 Å². The van der Waals surface area contributed by atoms with Crippen molar-refractivity contribution in [3.05, 3.63) is 54.9 Å². The lowest BCUT2D eigenvalue weighted by Gasteiger charge is -2.33. The minimum atomic E-state index is 0.474. The van der Waals surface area contributed by atoms with E-state index in [2.05, 4.69) is 48.7 Å². The van der Waals surface area contributed by atoms with Gasteiger partial charge in [-0.3, -0.25) is 4.98 Å². The van der Waals surface area contributed by atoms with Crippen LogP contribution in [0, 0.1) is 0 Å². The average molecular weight is 337 g/mol. The summed E-state index contributed by atoms with van der Waals surface area (Å²) in [6.07, 6.45) is 11.5. The third-order valence-corrected chi connectivity index (χ3v) is 4.94. The van der Waals surface area contributed by atoms with Crippen LogP contribution in [0.15, 0.2) is 43.2 Å². The number of hydrogen-bond acceptors (Lipinski definition) is 5. The number of nitrogens with zero attached hydrogens (tertiary/aromatic N) is 7. The van der Waals surface area contributed by atoms with Gasteiger partial charge < -0.3 is 14.0 Å². The van der Waals surface area contributed by atoms with Crippen molar-refractivity contribution in [3.8, 4) is 0 Å². The largest absolute Gasteiger partial charge is 0.371 e. The lowest BCUT2D eigenvalue weighted by molar-refractivity contribution is 0.464. The molecule has 1 saturated heterocycles. The summed E-state index contributed by atoms with van der Waals surface area (Å²) in [6.45, 7) is 5.87. The van der Waals surface area contributed by atoms with Gasteiger partial charge >= 0.3 is 0 Å². The highest BCUT2D eigenvalue weighted by Crippen LogP contribution is 2.29. The van der Waals surface area contributed by atoms with Crippen molar-refractivity contribution in [2.75, 3.05) is 18.0 Å². The number of rotatable bonds is 5. The molecule has 1 aliphatic heterocycles. The molecule has 0 atom stereocenters. The van der Waals surface area contributed by atoms with Crippen molar-refractivity contribution < 1.29 is 0 Å². The summed E-state index contributed by atoms with van der Waals surface area (Å²) in [5, 5.41) is 9.00. The molecule has 7 nitrogen and oxygen atoms in total. The zero-order valence-corrected chi connectivity index (χ0v) is 14.5. The zero-order valence-electron chi connectivity index (χ0n) is 14.5. The molecule has 0 bridgehead atoms. The Kier molecular flexibility index (Phi) is 4.45. The fourth-order valence-electron chi connectivity index (χ4n) is 3.61. The molecule has 0 radical (unpaired) electrons. The van der Waals surface area contributed by atoms with Crippen LogP contribution in [0.2, 0.25) is 0 Å². The van der Waals surface area contributed by atoms with Gasteiger partial charge in [0.05, 0.1) is 12.9 Å². The molecule has 25 heavy (non-hydrogen) atoms. The fraction of sp³-hybridized carbons (Fsp3) is 0.444. The number of pyridine rings is 1. The molecule has 0 spiro atoms. The van der Waals surface area contributed by atoms with Gasteiger partial charge in [-0.25, -0.2) is 4.98 Å². The van der Waals surface area contributed by atoms with Crippen LogP contribution in [0.25, 0.3) is 0 Å². The van der Waals surface area contributed by atoms with Crippen molar-refractivity contribution in [3.63, 3.8) is 0 Å². The minimum Gasteiger partial charge on any atom is -0.371 e. The Morgan fingerprint density at radius 3 is 2.52 bits per heavy atom. The van der Waals surface area contributed by atoms with Gasteiger partial charge in [0.1, 0.15) is 5.82 Å². The van der Waals surface area contributed by atoms with Gasteiger partial charge in [-0.05, 0) is 31.9 Å². The number of imidazole rings is 1. The first-order valence-corrected chi connectivity index (χ1v) is 8.88. The van der Waals surface area contributed by atoms with Crippen LogP contribution in [-0.2, 0) is 13.1 Å². The maximum Gasteiger partial charge on any atom is 0.153 e. The maximum atomic E-state index is 4.54. The van der Waals surface area contributed by atoms with Crippen LogP contribution in [0.4, 0.5) is 5.69 Å². The molecule has 0 saturated carbocycles. The second-order valence-electron chi connectivity index (χ2n) is 6.42. The van der Waals surface area contributed by atoms with Crippen molar-refractivity contribution >= 4 is 5.69 Å². The smallest absolute Gasteiger partial charge is 0.153 e. The SMILES string of the molecule is CCn1c(Cn2ccnc2)nnc1C1CCN(c2ccncc2)CC1. The maximum absolute atomic E-state index is 4.54. The molecule has 0 aromatic carbocycles. The van der Waals surface area contributed by atoms with Crippen LogP contribution in [0.1, 0.15) is 37.3 Å². The number of aromatic nitrogens is 6. The summed E-state index contributed by atoms with van der Waals surface area (Å²) in [4.78, 5) is 10.6. The molecule has 4 rings (SSSR count). The zero-order chi connectivity index (χ0) is 17.1. The van der Waals surface area contributed by atoms with E-state index in [-0.39, 0.29) is 0 Å². The fourth-order valence-corrected chi connectivity index (χ4v) is 3.61.